The van der Waals surface area contributed by atoms with Gasteiger partial charge in [-0.15, -0.1) is 12.6 Å². The number of halogens is 2. The number of hydrogen-bond donors (Lipinski definition) is 0. The van der Waals surface area contributed by atoms with Crippen LogP contribution in [-0.2, 0) is 26.2 Å². The van der Waals surface area contributed by atoms with Gasteiger partial charge in [-0.3, -0.25) is 6.08 Å². The molecule has 1 aliphatic carbocycles. The summed E-state index contributed by atoms with van der Waals surface area (Å²) in [5.41, 5.74) is 11.8. The topological polar surface area (TPSA) is 23.8 Å². The number of benzene rings is 1. The van der Waals surface area contributed by atoms with Crippen LogP contribution in [0.4, 0.5) is 5.69 Å². The third-order valence-corrected chi connectivity index (χ3v) is 3.01. The predicted molar refractivity (Wildman–Crippen MR) is 70.4 cm³/mol. The van der Waals surface area contributed by atoms with Crippen molar-refractivity contribution in [3.63, 3.8) is 0 Å². The van der Waals surface area contributed by atoms with Crippen LogP contribution in [0.15, 0.2) is 47.1 Å². The van der Waals surface area contributed by atoms with Crippen LogP contribution >= 0.6 is 0 Å². The Morgan fingerprint density at radius 2 is 1.47 bits per heavy atom. The van der Waals surface area contributed by atoms with Crippen LogP contribution in [0.25, 0.3) is 5.73 Å². The van der Waals surface area contributed by atoms with E-state index in [4.69, 9.17) is 5.73 Å². The zero-order valence-corrected chi connectivity index (χ0v) is 15.7. The molecule has 0 saturated heterocycles. The molecular weight excluding hydrogens is 356 g/mol. The quantitative estimate of drug-likeness (QED) is 0.525. The molecule has 0 amide bonds. The summed E-state index contributed by atoms with van der Waals surface area (Å²) in [4.78, 5) is 0. The van der Waals surface area contributed by atoms with Gasteiger partial charge >= 0.3 is 26.2 Å². The Bertz CT molecular complexity index is 413. The molecule has 0 spiro atoms. The molecule has 0 aliphatic heterocycles. The van der Waals surface area contributed by atoms with Gasteiger partial charge in [0.05, 0.1) is 0 Å². The van der Waals surface area contributed by atoms with Crippen LogP contribution in [0, 0.1) is 12.0 Å². The van der Waals surface area contributed by atoms with Gasteiger partial charge in [-0.25, -0.2) is 5.57 Å². The molecule has 1 atom stereocenters. The van der Waals surface area contributed by atoms with Crippen LogP contribution in [-0.4, -0.2) is 0 Å². The van der Waals surface area contributed by atoms with Crippen molar-refractivity contribution in [3.05, 3.63) is 58.9 Å². The summed E-state index contributed by atoms with van der Waals surface area (Å²) >= 11 is 0. The molecule has 102 valence electrons. The number of allylic oxidation sites excluding steroid dienone is 4. The van der Waals surface area contributed by atoms with Crippen LogP contribution in [0.3, 0.4) is 0 Å². The second-order valence-corrected chi connectivity index (χ2v) is 4.17. The molecule has 0 heterocycles. The van der Waals surface area contributed by atoms with Gasteiger partial charge in [0.15, 0.2) is 0 Å². The molecule has 19 heavy (non-hydrogen) atoms. The van der Waals surface area contributed by atoms with Gasteiger partial charge in [0.25, 0.3) is 0 Å². The molecule has 0 saturated carbocycles. The molecule has 0 radical (unpaired) electrons. The Balaban J connectivity index is -0.000000237. The van der Waals surface area contributed by atoms with Crippen molar-refractivity contribution in [1.82, 2.24) is 0 Å². The van der Waals surface area contributed by atoms with Crippen molar-refractivity contribution in [3.8, 4) is 0 Å². The molecule has 1 nitrogen and oxygen atoms in total. The first-order chi connectivity index (χ1) is 7.52. The molecule has 2 rings (SSSR count). The van der Waals surface area contributed by atoms with Gasteiger partial charge in [-0.1, -0.05) is 57.0 Å². The molecule has 1 aromatic rings. The van der Waals surface area contributed by atoms with Crippen molar-refractivity contribution in [2.75, 3.05) is 0 Å². The maximum atomic E-state index is 7.00. The zero-order valence-electron chi connectivity index (χ0n) is 11.7. The van der Waals surface area contributed by atoms with E-state index in [0.29, 0.717) is 11.6 Å². The third kappa shape index (κ3) is 7.97. The van der Waals surface area contributed by atoms with E-state index in [-0.39, 0.29) is 51.0 Å². The fourth-order valence-corrected chi connectivity index (χ4v) is 1.60. The first-order valence-electron chi connectivity index (χ1n) is 5.57. The molecule has 1 aromatic carbocycles. The van der Waals surface area contributed by atoms with Crippen LogP contribution < -0.4 is 24.8 Å². The molecule has 1 N–H and O–H groups in total. The minimum Gasteiger partial charge on any atom is -1.00 e. The third-order valence-electron chi connectivity index (χ3n) is 3.01. The van der Waals surface area contributed by atoms with E-state index in [2.05, 4.69) is 33.8 Å². The average Bonchev–Trinajstić information content (AvgIpc) is 2.48. The minimum atomic E-state index is 0. The van der Waals surface area contributed by atoms with E-state index in [1.807, 2.05) is 18.2 Å². The van der Waals surface area contributed by atoms with Gasteiger partial charge in [-0.05, 0) is 0 Å². The second kappa shape index (κ2) is 11.8. The van der Waals surface area contributed by atoms with Crippen LogP contribution in [0.2, 0.25) is 0 Å². The second-order valence-electron chi connectivity index (χ2n) is 4.17. The number of nitrogens with one attached hydrogen (secondary N) is 1. The van der Waals surface area contributed by atoms with Crippen molar-refractivity contribution in [2.45, 2.75) is 27.7 Å². The summed E-state index contributed by atoms with van der Waals surface area (Å²) < 4.78 is 0. The van der Waals surface area contributed by atoms with E-state index in [1.54, 1.807) is 12.1 Å². The number of rotatable bonds is 0. The molecular formula is C15H19Cl2NZr. The summed E-state index contributed by atoms with van der Waals surface area (Å²) in [6.07, 6.45) is 3.36. The van der Waals surface area contributed by atoms with Crippen molar-refractivity contribution in [2.24, 2.45) is 5.92 Å². The molecule has 1 unspecified atom stereocenters. The fraction of sp³-hybridized carbons (Fsp3) is 0.333. The van der Waals surface area contributed by atoms with E-state index < -0.39 is 0 Å². The Hall–Kier alpha value is -0.0369. The zero-order chi connectivity index (χ0) is 12.1. The van der Waals surface area contributed by atoms with E-state index in [1.165, 1.54) is 16.7 Å². The van der Waals surface area contributed by atoms with Gasteiger partial charge in [-0.2, -0.15) is 11.1 Å². The molecule has 0 fully saturated rings. The average molecular weight is 375 g/mol. The van der Waals surface area contributed by atoms with Crippen molar-refractivity contribution < 1.29 is 51.0 Å². The van der Waals surface area contributed by atoms with Gasteiger partial charge in [0.2, 0.25) is 0 Å². The maximum Gasteiger partial charge on any atom is 4.00 e. The van der Waals surface area contributed by atoms with Crippen molar-refractivity contribution in [1.29, 1.82) is 0 Å². The van der Waals surface area contributed by atoms with Gasteiger partial charge < -0.3 is 30.5 Å². The first-order valence-corrected chi connectivity index (χ1v) is 5.57. The standard InChI is InChI=1S/C9H13.C6H6N.2ClH.Zr/c1-6-5-7(2)9(4)8(6)3;7-6-4-2-1-3-5-6;;;/h6H,1-4H3;1-5,7H;2*1H;/q2*-1;;;+4/p-2. The molecule has 0 aromatic heterocycles. The van der Waals surface area contributed by atoms with Crippen molar-refractivity contribution >= 4 is 5.69 Å². The smallest absolute Gasteiger partial charge is 1.00 e. The van der Waals surface area contributed by atoms with Crippen LogP contribution in [0.1, 0.15) is 27.7 Å². The molecule has 0 bridgehead atoms. The Morgan fingerprint density at radius 1 is 1.00 bits per heavy atom. The molecule has 4 heteroatoms. The van der Waals surface area contributed by atoms with Gasteiger partial charge in [0.1, 0.15) is 0 Å². The molecule has 1 aliphatic rings. The summed E-state index contributed by atoms with van der Waals surface area (Å²) in [6, 6.07) is 9.10. The van der Waals surface area contributed by atoms with Gasteiger partial charge in [0, 0.05) is 0 Å². The summed E-state index contributed by atoms with van der Waals surface area (Å²) in [5, 5.41) is 0. The minimum absolute atomic E-state index is 0. The van der Waals surface area contributed by atoms with E-state index >= 15 is 0 Å². The van der Waals surface area contributed by atoms with E-state index in [9.17, 15) is 0 Å². The van der Waals surface area contributed by atoms with Crippen LogP contribution in [0.5, 0.6) is 0 Å². The Morgan fingerprint density at radius 3 is 1.63 bits per heavy atom. The summed E-state index contributed by atoms with van der Waals surface area (Å²) in [7, 11) is 0. The maximum absolute atomic E-state index is 7.00. The monoisotopic (exact) mass is 373 g/mol. The SMILES string of the molecule is CC1=[C-]C(C)C(C)=C1C.[Cl-].[Cl-].[NH-]c1ccccc1.[Zr+4]. The fourth-order valence-electron chi connectivity index (χ4n) is 1.60. The predicted octanol–water partition coefficient (Wildman–Crippen LogP) is -0.902. The Labute approximate surface area is 148 Å². The first kappa shape index (κ1) is 24.0. The largest absolute Gasteiger partial charge is 4.00 e. The number of hydrogen-bond acceptors (Lipinski definition) is 0. The van der Waals surface area contributed by atoms with E-state index in [0.717, 1.165) is 0 Å². The summed E-state index contributed by atoms with van der Waals surface area (Å²) in [5.74, 6) is 0.560. The summed E-state index contributed by atoms with van der Waals surface area (Å²) in [6.45, 7) is 8.67. The normalized spacial score (nSPS) is 16.0. The Kier molecular flexibility index (Phi) is 14.9.